The molecule has 15 nitrogen and oxygen atoms in total. The van der Waals surface area contributed by atoms with Gasteiger partial charge in [-0.3, -0.25) is 4.90 Å². The first kappa shape index (κ1) is 31.8. The number of carbonyl (C=O) groups is 2. The number of fused-ring (bicyclic) bond motifs is 2. The number of hydrogen-bond acceptors (Lipinski definition) is 13. The van der Waals surface area contributed by atoms with Crippen LogP contribution in [0.3, 0.4) is 0 Å². The van der Waals surface area contributed by atoms with E-state index in [-0.39, 0.29) is 23.5 Å². The minimum Gasteiger partial charge on any atom is -0.479 e. The van der Waals surface area contributed by atoms with E-state index in [4.69, 9.17) is 18.9 Å². The number of carboxylic acid groups (broad SMARTS) is 2. The molecule has 3 heterocycles. The summed E-state index contributed by atoms with van der Waals surface area (Å²) in [6.07, 6.45) is -14.8. The van der Waals surface area contributed by atoms with Gasteiger partial charge in [0.2, 0.25) is 12.6 Å². The van der Waals surface area contributed by atoms with E-state index in [1.807, 2.05) is 0 Å². The van der Waals surface area contributed by atoms with Gasteiger partial charge in [-0.25, -0.2) is 9.59 Å². The molecule has 5 rings (SSSR count). The van der Waals surface area contributed by atoms with E-state index in [0.717, 1.165) is 37.9 Å². The Kier molecular flexibility index (Phi) is 9.46. The molecule has 12 atom stereocenters. The number of aliphatic hydroxyl groups is 6. The molecule has 240 valence electrons. The van der Waals surface area contributed by atoms with Crippen LogP contribution in [0, 0.1) is 5.92 Å². The summed E-state index contributed by atoms with van der Waals surface area (Å²) in [6, 6.07) is 3.51. The number of aliphatic carboxylic acids is 2. The van der Waals surface area contributed by atoms with E-state index < -0.39 is 73.4 Å². The molecule has 3 fully saturated rings. The zero-order chi connectivity index (χ0) is 31.2. The predicted octanol–water partition coefficient (Wildman–Crippen LogP) is -2.18. The Balaban J connectivity index is 1.52. The summed E-state index contributed by atoms with van der Waals surface area (Å²) in [5, 5.41) is 81.0. The highest BCUT2D eigenvalue weighted by molar-refractivity contribution is 5.74. The van der Waals surface area contributed by atoms with Gasteiger partial charge in [0.05, 0.1) is 0 Å². The predicted molar refractivity (Wildman–Crippen MR) is 142 cm³/mol. The Morgan fingerprint density at radius 3 is 1.98 bits per heavy atom. The molecule has 0 unspecified atom stereocenters. The van der Waals surface area contributed by atoms with Crippen LogP contribution >= 0.6 is 0 Å². The van der Waals surface area contributed by atoms with Gasteiger partial charge in [-0.05, 0) is 62.7 Å². The first-order valence-electron chi connectivity index (χ1n) is 14.5. The monoisotopic (exact) mass is 613 g/mol. The molecule has 15 heteroatoms. The normalized spacial score (nSPS) is 39.8. The summed E-state index contributed by atoms with van der Waals surface area (Å²) < 4.78 is 22.5. The van der Waals surface area contributed by atoms with Crippen LogP contribution in [0.2, 0.25) is 0 Å². The van der Waals surface area contributed by atoms with E-state index in [1.165, 1.54) is 6.07 Å². The Morgan fingerprint density at radius 2 is 1.42 bits per heavy atom. The zero-order valence-electron chi connectivity index (χ0n) is 23.5. The maximum absolute atomic E-state index is 11.7. The van der Waals surface area contributed by atoms with Crippen LogP contribution in [0.5, 0.6) is 11.5 Å². The average Bonchev–Trinajstić information content (AvgIpc) is 2.97. The lowest BCUT2D eigenvalue weighted by atomic mass is 9.75. The van der Waals surface area contributed by atoms with Crippen molar-refractivity contribution in [3.05, 3.63) is 23.3 Å². The van der Waals surface area contributed by atoms with Crippen LogP contribution in [-0.2, 0) is 31.9 Å². The van der Waals surface area contributed by atoms with Gasteiger partial charge in [-0.1, -0.05) is 13.0 Å². The maximum atomic E-state index is 11.7. The molecule has 3 aliphatic heterocycles. The van der Waals surface area contributed by atoms with E-state index in [0.29, 0.717) is 18.4 Å². The van der Waals surface area contributed by atoms with E-state index >= 15 is 0 Å². The van der Waals surface area contributed by atoms with Gasteiger partial charge in [0.15, 0.2) is 23.7 Å². The molecular formula is C28H39NO14. The molecule has 0 saturated carbocycles. The van der Waals surface area contributed by atoms with Crippen molar-refractivity contribution in [1.29, 1.82) is 0 Å². The van der Waals surface area contributed by atoms with Crippen molar-refractivity contribution >= 4 is 11.9 Å². The number of rotatable bonds is 8. The number of hydrogen-bond donors (Lipinski definition) is 8. The average molecular weight is 614 g/mol. The highest BCUT2D eigenvalue weighted by Gasteiger charge is 2.50. The molecule has 3 saturated heterocycles. The molecule has 1 aromatic carbocycles. The molecule has 0 spiro atoms. The summed E-state index contributed by atoms with van der Waals surface area (Å²) in [5.41, 5.74) is 1.51. The van der Waals surface area contributed by atoms with E-state index in [9.17, 15) is 50.4 Å². The van der Waals surface area contributed by atoms with Crippen LogP contribution in [-0.4, -0.2) is 138 Å². The number of ether oxygens (including phenoxy) is 4. The first-order chi connectivity index (χ1) is 20.4. The molecule has 0 amide bonds. The fraction of sp³-hybridized carbons (Fsp3) is 0.714. The van der Waals surface area contributed by atoms with Crippen LogP contribution in [0.4, 0.5) is 0 Å². The lowest BCUT2D eigenvalue weighted by Gasteiger charge is -2.45. The van der Waals surface area contributed by atoms with Crippen molar-refractivity contribution in [2.24, 2.45) is 5.92 Å². The van der Waals surface area contributed by atoms with Crippen molar-refractivity contribution in [3.8, 4) is 11.5 Å². The molecule has 4 aliphatic rings. The Bertz CT molecular complexity index is 1180. The zero-order valence-corrected chi connectivity index (χ0v) is 23.5. The third kappa shape index (κ3) is 6.06. The van der Waals surface area contributed by atoms with E-state index in [1.54, 1.807) is 6.07 Å². The fourth-order valence-electron chi connectivity index (χ4n) is 6.62. The van der Waals surface area contributed by atoms with Crippen molar-refractivity contribution in [2.45, 2.75) is 106 Å². The molecule has 1 aliphatic carbocycles. The van der Waals surface area contributed by atoms with Gasteiger partial charge >= 0.3 is 11.9 Å². The number of likely N-dealkylation sites (tertiary alicyclic amines) is 1. The summed E-state index contributed by atoms with van der Waals surface area (Å²) in [6.45, 7) is 4.03. The lowest BCUT2D eigenvalue weighted by molar-refractivity contribution is -0.276. The highest BCUT2D eigenvalue weighted by atomic mass is 16.7. The third-order valence-corrected chi connectivity index (χ3v) is 8.86. The second kappa shape index (κ2) is 12.8. The molecule has 1 aromatic rings. The molecule has 0 bridgehead atoms. The van der Waals surface area contributed by atoms with Crippen LogP contribution in [0.25, 0.3) is 0 Å². The fourth-order valence-corrected chi connectivity index (χ4v) is 6.62. The summed E-state index contributed by atoms with van der Waals surface area (Å²) in [5.74, 6) is -3.11. The minimum absolute atomic E-state index is 0.0244. The molecule has 43 heavy (non-hydrogen) atoms. The third-order valence-electron chi connectivity index (χ3n) is 8.86. The standard InChI is InChI=1S/C28H39NO14/c1-2-7-29-8-3-4-12-9-13-11(10-14(12)29)5-6-15(40-27-20(34)16(30)18(32)23(42-27)25(36)37)22(13)41-28-21(35)17(31)19(33)24(43-28)26(38)39/h5-6,12,14,16-21,23-24,27-28,30-35H,2-4,7-10H2,1H3,(H,36,37)(H,38,39)/t12-,14-,16+,17+,18+,19+,20-,21-,23+,24+,27-,28-/m1/s1. The minimum atomic E-state index is -1.94. The summed E-state index contributed by atoms with van der Waals surface area (Å²) in [4.78, 5) is 25.8. The van der Waals surface area contributed by atoms with Gasteiger partial charge in [0.25, 0.3) is 0 Å². The van der Waals surface area contributed by atoms with Crippen molar-refractivity contribution < 1.29 is 69.4 Å². The Labute approximate surface area is 246 Å². The molecule has 0 aromatic heterocycles. The Morgan fingerprint density at radius 1 is 0.837 bits per heavy atom. The first-order valence-corrected chi connectivity index (χ1v) is 14.5. The maximum Gasteiger partial charge on any atom is 0.335 e. The van der Waals surface area contributed by atoms with Crippen molar-refractivity contribution in [1.82, 2.24) is 4.90 Å². The quantitative estimate of drug-likeness (QED) is 0.156. The molecular weight excluding hydrogens is 574 g/mol. The number of carboxylic acids is 2. The lowest BCUT2D eigenvalue weighted by Crippen LogP contribution is -2.61. The summed E-state index contributed by atoms with van der Waals surface area (Å²) >= 11 is 0. The number of piperidine rings is 1. The second-order valence-corrected chi connectivity index (χ2v) is 11.7. The van der Waals surface area contributed by atoms with Gasteiger partial charge in [0.1, 0.15) is 36.6 Å². The van der Waals surface area contributed by atoms with Crippen LogP contribution in [0.15, 0.2) is 12.1 Å². The second-order valence-electron chi connectivity index (χ2n) is 11.7. The SMILES string of the molecule is CCCN1CCC[C@@H]2Cc3c(ccc(O[C@@H]4O[C@H](C(=O)O)[C@@H](O)[C@H](O)[C@H]4O)c3O[C@@H]3O[C@H](C(=O)O)[C@@H](O)[C@H](O)[C@H]3O)C[C@H]21. The van der Waals surface area contributed by atoms with Gasteiger partial charge in [0, 0.05) is 11.6 Å². The smallest absolute Gasteiger partial charge is 0.335 e. The summed E-state index contributed by atoms with van der Waals surface area (Å²) in [7, 11) is 0. The highest BCUT2D eigenvalue weighted by Crippen LogP contribution is 2.45. The van der Waals surface area contributed by atoms with Gasteiger partial charge in [-0.2, -0.15) is 0 Å². The van der Waals surface area contributed by atoms with Crippen molar-refractivity contribution in [3.63, 3.8) is 0 Å². The van der Waals surface area contributed by atoms with Crippen LogP contribution in [0.1, 0.15) is 37.3 Å². The molecule has 8 N–H and O–H groups in total. The van der Waals surface area contributed by atoms with Gasteiger partial charge in [-0.15, -0.1) is 0 Å². The molecule has 0 radical (unpaired) electrons. The Hall–Kier alpha value is -2.60. The van der Waals surface area contributed by atoms with E-state index in [2.05, 4.69) is 11.8 Å². The number of benzene rings is 1. The van der Waals surface area contributed by atoms with Crippen molar-refractivity contribution in [2.75, 3.05) is 13.1 Å². The van der Waals surface area contributed by atoms with Crippen LogP contribution < -0.4 is 9.47 Å². The van der Waals surface area contributed by atoms with Gasteiger partial charge < -0.3 is 59.8 Å². The largest absolute Gasteiger partial charge is 0.479 e. The number of aliphatic hydroxyl groups excluding tert-OH is 6. The number of nitrogens with zero attached hydrogens (tertiary/aromatic N) is 1. The topological polar surface area (TPSA) is 236 Å².